The molecule has 1 fully saturated rings. The summed E-state index contributed by atoms with van der Waals surface area (Å²) in [4.78, 5) is 12.2. The van der Waals surface area contributed by atoms with Gasteiger partial charge < -0.3 is 5.32 Å². The molecule has 0 radical (unpaired) electrons. The van der Waals surface area contributed by atoms with E-state index in [2.05, 4.69) is 37.2 Å². The van der Waals surface area contributed by atoms with Crippen LogP contribution in [0.25, 0.3) is 0 Å². The maximum Gasteiger partial charge on any atom is 0.252 e. The first-order valence-corrected chi connectivity index (χ1v) is 8.70. The molecule has 0 aliphatic heterocycles. The Kier molecular flexibility index (Phi) is 5.72. The van der Waals surface area contributed by atoms with Gasteiger partial charge in [0.15, 0.2) is 0 Å². The van der Waals surface area contributed by atoms with Crippen LogP contribution < -0.4 is 5.32 Å². The summed E-state index contributed by atoms with van der Waals surface area (Å²) in [6.07, 6.45) is 3.72. The van der Waals surface area contributed by atoms with E-state index in [1.807, 2.05) is 0 Å². The van der Waals surface area contributed by atoms with Crippen LogP contribution in [0, 0.1) is 11.8 Å². The lowest BCUT2D eigenvalue weighted by Gasteiger charge is -2.18. The number of nitrogens with one attached hydrogen (secondary N) is 1. The predicted octanol–water partition coefficient (Wildman–Crippen LogP) is 4.64. The lowest BCUT2D eigenvalue weighted by Crippen LogP contribution is -2.31. The largest absolute Gasteiger partial charge is 0.352 e. The average molecular weight is 410 g/mol. The number of rotatable bonds is 4. The average Bonchev–Trinajstić information content (AvgIpc) is 2.86. The van der Waals surface area contributed by atoms with E-state index in [4.69, 9.17) is 11.6 Å². The molecule has 19 heavy (non-hydrogen) atoms. The van der Waals surface area contributed by atoms with Gasteiger partial charge in [0.2, 0.25) is 0 Å². The van der Waals surface area contributed by atoms with Crippen molar-refractivity contribution in [2.45, 2.75) is 19.3 Å². The van der Waals surface area contributed by atoms with Crippen LogP contribution in [0.3, 0.4) is 0 Å². The summed E-state index contributed by atoms with van der Waals surface area (Å²) >= 11 is 12.9. The number of benzene rings is 1. The van der Waals surface area contributed by atoms with Crippen LogP contribution in [0.4, 0.5) is 0 Å². The highest BCUT2D eigenvalue weighted by molar-refractivity contribution is 9.10. The Hall–Kier alpha value is -0.0600. The van der Waals surface area contributed by atoms with Gasteiger partial charge in [-0.1, -0.05) is 34.0 Å². The summed E-state index contributed by atoms with van der Waals surface area (Å²) in [5, 5.41) is 4.62. The van der Waals surface area contributed by atoms with Gasteiger partial charge in [-0.05, 0) is 58.8 Å². The molecule has 2 atom stereocenters. The second kappa shape index (κ2) is 7.09. The van der Waals surface area contributed by atoms with Gasteiger partial charge in [-0.15, -0.1) is 0 Å². The number of halogens is 3. The molecule has 1 aliphatic carbocycles. The SMILES string of the molecule is O=C(NCC1CCCC1CBr)c1cc(Cl)ccc1Br. The van der Waals surface area contributed by atoms with E-state index in [0.29, 0.717) is 22.4 Å². The third-order valence-electron chi connectivity index (χ3n) is 3.71. The maximum atomic E-state index is 12.2. The molecule has 0 bridgehead atoms. The quantitative estimate of drug-likeness (QED) is 0.721. The highest BCUT2D eigenvalue weighted by Crippen LogP contribution is 2.32. The predicted molar refractivity (Wildman–Crippen MR) is 86.1 cm³/mol. The van der Waals surface area contributed by atoms with Gasteiger partial charge in [-0.3, -0.25) is 4.79 Å². The highest BCUT2D eigenvalue weighted by Gasteiger charge is 2.26. The van der Waals surface area contributed by atoms with Crippen molar-refractivity contribution in [3.8, 4) is 0 Å². The van der Waals surface area contributed by atoms with Gasteiger partial charge in [-0.25, -0.2) is 0 Å². The van der Waals surface area contributed by atoms with Crippen LogP contribution >= 0.6 is 43.5 Å². The van der Waals surface area contributed by atoms with Crippen molar-refractivity contribution in [2.24, 2.45) is 11.8 Å². The van der Waals surface area contributed by atoms with Crippen LogP contribution in [0.1, 0.15) is 29.6 Å². The number of hydrogen-bond acceptors (Lipinski definition) is 1. The van der Waals surface area contributed by atoms with E-state index in [0.717, 1.165) is 16.3 Å². The second-order valence-corrected chi connectivity index (χ2v) is 6.88. The molecule has 104 valence electrons. The Morgan fingerprint density at radius 1 is 1.37 bits per heavy atom. The number of carbonyl (C=O) groups excluding carboxylic acids is 1. The molecule has 1 saturated carbocycles. The lowest BCUT2D eigenvalue weighted by molar-refractivity contribution is 0.0944. The second-order valence-electron chi connectivity index (χ2n) is 4.94. The van der Waals surface area contributed by atoms with Crippen molar-refractivity contribution in [2.75, 3.05) is 11.9 Å². The van der Waals surface area contributed by atoms with Gasteiger partial charge in [-0.2, -0.15) is 0 Å². The Labute approximate surface area is 135 Å². The molecule has 0 spiro atoms. The first kappa shape index (κ1) is 15.3. The van der Waals surface area contributed by atoms with Gasteiger partial charge in [0, 0.05) is 21.4 Å². The fourth-order valence-corrected chi connectivity index (χ4v) is 4.03. The van der Waals surface area contributed by atoms with E-state index in [-0.39, 0.29) is 5.91 Å². The molecule has 1 aliphatic rings. The molecule has 2 unspecified atom stereocenters. The van der Waals surface area contributed by atoms with E-state index < -0.39 is 0 Å². The van der Waals surface area contributed by atoms with Crippen LogP contribution in [0.15, 0.2) is 22.7 Å². The fraction of sp³-hybridized carbons (Fsp3) is 0.500. The molecule has 1 N–H and O–H groups in total. The molecule has 0 heterocycles. The third-order valence-corrected chi connectivity index (χ3v) is 5.47. The summed E-state index contributed by atoms with van der Waals surface area (Å²) in [5.74, 6) is 1.21. The van der Waals surface area contributed by atoms with Gasteiger partial charge in [0.25, 0.3) is 5.91 Å². The molecule has 5 heteroatoms. The summed E-state index contributed by atoms with van der Waals surface area (Å²) in [5.41, 5.74) is 0.598. The van der Waals surface area contributed by atoms with E-state index in [1.54, 1.807) is 18.2 Å². The third kappa shape index (κ3) is 3.96. The lowest BCUT2D eigenvalue weighted by atomic mass is 9.98. The first-order valence-electron chi connectivity index (χ1n) is 6.41. The minimum atomic E-state index is -0.0606. The Balaban J connectivity index is 1.96. The molecule has 0 saturated heterocycles. The zero-order valence-electron chi connectivity index (χ0n) is 10.5. The van der Waals surface area contributed by atoms with Crippen LogP contribution in [-0.4, -0.2) is 17.8 Å². The summed E-state index contributed by atoms with van der Waals surface area (Å²) in [7, 11) is 0. The number of carbonyl (C=O) groups is 1. The minimum Gasteiger partial charge on any atom is -0.352 e. The fourth-order valence-electron chi connectivity index (χ4n) is 2.58. The van der Waals surface area contributed by atoms with Gasteiger partial charge >= 0.3 is 0 Å². The highest BCUT2D eigenvalue weighted by atomic mass is 79.9. The normalized spacial score (nSPS) is 22.5. The monoisotopic (exact) mass is 407 g/mol. The van der Waals surface area contributed by atoms with Gasteiger partial charge in [0.1, 0.15) is 0 Å². The number of hydrogen-bond donors (Lipinski definition) is 1. The van der Waals surface area contributed by atoms with E-state index in [1.165, 1.54) is 19.3 Å². The van der Waals surface area contributed by atoms with Crippen molar-refractivity contribution in [3.05, 3.63) is 33.3 Å². The van der Waals surface area contributed by atoms with Gasteiger partial charge in [0.05, 0.1) is 5.56 Å². The Morgan fingerprint density at radius 3 is 2.84 bits per heavy atom. The van der Waals surface area contributed by atoms with Crippen LogP contribution in [0.5, 0.6) is 0 Å². The molecule has 1 aromatic carbocycles. The number of alkyl halides is 1. The molecule has 2 nitrogen and oxygen atoms in total. The molecule has 2 rings (SSSR count). The van der Waals surface area contributed by atoms with Crippen molar-refractivity contribution in [1.82, 2.24) is 5.32 Å². The topological polar surface area (TPSA) is 29.1 Å². The van der Waals surface area contributed by atoms with Crippen molar-refractivity contribution >= 4 is 49.4 Å². The van der Waals surface area contributed by atoms with E-state index in [9.17, 15) is 4.79 Å². The van der Waals surface area contributed by atoms with E-state index >= 15 is 0 Å². The molecule has 1 aromatic rings. The zero-order chi connectivity index (χ0) is 13.8. The zero-order valence-corrected chi connectivity index (χ0v) is 14.4. The van der Waals surface area contributed by atoms with Crippen molar-refractivity contribution in [3.63, 3.8) is 0 Å². The van der Waals surface area contributed by atoms with Crippen molar-refractivity contribution in [1.29, 1.82) is 0 Å². The summed E-state index contributed by atoms with van der Waals surface area (Å²) in [6.45, 7) is 0.744. The molecular weight excluding hydrogens is 393 g/mol. The minimum absolute atomic E-state index is 0.0606. The summed E-state index contributed by atoms with van der Waals surface area (Å²) in [6, 6.07) is 5.26. The molecular formula is C14H16Br2ClNO. The van der Waals surface area contributed by atoms with Crippen molar-refractivity contribution < 1.29 is 4.79 Å². The first-order chi connectivity index (χ1) is 9.11. The molecule has 0 aromatic heterocycles. The van der Waals surface area contributed by atoms with Crippen LogP contribution in [-0.2, 0) is 0 Å². The molecule has 1 amide bonds. The Morgan fingerprint density at radius 2 is 2.11 bits per heavy atom. The number of amides is 1. The smallest absolute Gasteiger partial charge is 0.252 e. The standard InChI is InChI=1S/C14H16Br2ClNO/c15-7-9-2-1-3-10(9)8-18-14(19)12-6-11(17)4-5-13(12)16/h4-6,9-10H,1-3,7-8H2,(H,18,19). The maximum absolute atomic E-state index is 12.2. The summed E-state index contributed by atoms with van der Waals surface area (Å²) < 4.78 is 0.776. The van der Waals surface area contributed by atoms with Crippen LogP contribution in [0.2, 0.25) is 5.02 Å². The Bertz CT molecular complexity index is 467.